The van der Waals surface area contributed by atoms with Crippen LogP contribution in [0.5, 0.6) is 0 Å². The van der Waals surface area contributed by atoms with Gasteiger partial charge >= 0.3 is 0 Å². The summed E-state index contributed by atoms with van der Waals surface area (Å²) < 4.78 is 1.86. The van der Waals surface area contributed by atoms with E-state index in [1.807, 2.05) is 74.7 Å². The fraction of sp³-hybridized carbons (Fsp3) is 0.250. The molecule has 0 aliphatic carbocycles. The van der Waals surface area contributed by atoms with Gasteiger partial charge in [0.2, 0.25) is 11.0 Å². The first-order valence-electron chi connectivity index (χ1n) is 10.9. The highest BCUT2D eigenvalue weighted by molar-refractivity contribution is 7.99. The van der Waals surface area contributed by atoms with Gasteiger partial charge in [-0.05, 0) is 68.7 Å². The number of hydrogen-bond acceptors (Lipinski definition) is 8. The fourth-order valence-electron chi connectivity index (χ4n) is 3.31. The molecule has 11 heteroatoms. The van der Waals surface area contributed by atoms with Gasteiger partial charge in [-0.3, -0.25) is 19.5 Å². The van der Waals surface area contributed by atoms with Crippen LogP contribution in [0.15, 0.2) is 47.6 Å². The summed E-state index contributed by atoms with van der Waals surface area (Å²) in [4.78, 5) is 25.2. The molecule has 0 spiro atoms. The molecule has 0 aliphatic rings. The minimum Gasteiger partial charge on any atom is -0.345 e. The largest absolute Gasteiger partial charge is 0.345 e. The fourth-order valence-corrected chi connectivity index (χ4v) is 4.69. The predicted octanol–water partition coefficient (Wildman–Crippen LogP) is 4.01. The molecule has 0 radical (unpaired) electrons. The molecule has 0 saturated heterocycles. The number of carbonyl (C=O) groups is 2. The zero-order chi connectivity index (χ0) is 24.9. The van der Waals surface area contributed by atoms with Gasteiger partial charge in [0.25, 0.3) is 5.91 Å². The Balaban J connectivity index is 1.51. The molecule has 2 aromatic carbocycles. The van der Waals surface area contributed by atoms with Crippen LogP contribution in [-0.4, -0.2) is 42.5 Å². The normalized spacial score (nSPS) is 10.9. The summed E-state index contributed by atoms with van der Waals surface area (Å²) in [5.74, 6) is 0.287. The quantitative estimate of drug-likeness (QED) is 0.346. The van der Waals surface area contributed by atoms with Crippen molar-refractivity contribution in [3.63, 3.8) is 0 Å². The van der Waals surface area contributed by atoms with Crippen LogP contribution in [0.2, 0.25) is 0 Å². The van der Waals surface area contributed by atoms with Gasteiger partial charge in [0.05, 0.1) is 12.3 Å². The number of benzene rings is 2. The number of nitrogens with one attached hydrogen (secondary N) is 2. The Morgan fingerprint density at radius 2 is 1.80 bits per heavy atom. The van der Waals surface area contributed by atoms with E-state index in [-0.39, 0.29) is 24.1 Å². The van der Waals surface area contributed by atoms with Gasteiger partial charge in [-0.2, -0.15) is 0 Å². The van der Waals surface area contributed by atoms with Crippen molar-refractivity contribution in [2.45, 2.75) is 39.4 Å². The predicted molar refractivity (Wildman–Crippen MR) is 137 cm³/mol. The van der Waals surface area contributed by atoms with E-state index in [1.54, 1.807) is 0 Å². The van der Waals surface area contributed by atoms with Crippen LogP contribution >= 0.6 is 23.1 Å². The summed E-state index contributed by atoms with van der Waals surface area (Å²) in [6.45, 7) is 8.00. The van der Waals surface area contributed by atoms with Crippen molar-refractivity contribution in [1.29, 1.82) is 0 Å². The maximum absolute atomic E-state index is 12.7. The van der Waals surface area contributed by atoms with Crippen molar-refractivity contribution in [3.05, 3.63) is 75.6 Å². The SMILES string of the molecule is Cc1cccc(-n2c(CNC(=O)c3ccc(C)c(C)c3)nnc2SCC(=O)Nc2nnc(C)s2)c1. The number of thioether (sulfide) groups is 1. The molecule has 2 amide bonds. The van der Waals surface area contributed by atoms with E-state index in [9.17, 15) is 9.59 Å². The molecule has 180 valence electrons. The third-order valence-corrected chi connectivity index (χ3v) is 6.92. The van der Waals surface area contributed by atoms with E-state index < -0.39 is 0 Å². The van der Waals surface area contributed by atoms with E-state index in [2.05, 4.69) is 31.0 Å². The lowest BCUT2D eigenvalue weighted by atomic mass is 10.1. The molecule has 2 N–H and O–H groups in total. The maximum atomic E-state index is 12.7. The van der Waals surface area contributed by atoms with Gasteiger partial charge in [0, 0.05) is 11.3 Å². The molecular weight excluding hydrogens is 482 g/mol. The Morgan fingerprint density at radius 3 is 2.51 bits per heavy atom. The van der Waals surface area contributed by atoms with Crippen LogP contribution < -0.4 is 10.6 Å². The lowest BCUT2D eigenvalue weighted by molar-refractivity contribution is -0.113. The Labute approximate surface area is 211 Å². The lowest BCUT2D eigenvalue weighted by Crippen LogP contribution is -2.24. The van der Waals surface area contributed by atoms with Gasteiger partial charge in [-0.25, -0.2) is 0 Å². The molecule has 0 fully saturated rings. The number of nitrogens with zero attached hydrogens (tertiary/aromatic N) is 5. The summed E-state index contributed by atoms with van der Waals surface area (Å²) in [7, 11) is 0. The highest BCUT2D eigenvalue weighted by Gasteiger charge is 2.18. The molecule has 35 heavy (non-hydrogen) atoms. The molecule has 4 rings (SSSR count). The molecule has 2 heterocycles. The van der Waals surface area contributed by atoms with Crippen LogP contribution in [0, 0.1) is 27.7 Å². The minimum absolute atomic E-state index is 0.123. The van der Waals surface area contributed by atoms with E-state index in [0.29, 0.717) is 21.7 Å². The average molecular weight is 508 g/mol. The van der Waals surface area contributed by atoms with Gasteiger partial charge in [-0.15, -0.1) is 20.4 Å². The number of hydrogen-bond donors (Lipinski definition) is 2. The first-order chi connectivity index (χ1) is 16.8. The second kappa shape index (κ2) is 10.8. The zero-order valence-electron chi connectivity index (χ0n) is 19.8. The van der Waals surface area contributed by atoms with Gasteiger partial charge < -0.3 is 5.32 Å². The molecule has 2 aromatic heterocycles. The van der Waals surface area contributed by atoms with Crippen molar-refractivity contribution >= 4 is 40.0 Å². The van der Waals surface area contributed by atoms with Crippen LogP contribution in [0.25, 0.3) is 5.69 Å². The molecule has 0 atom stereocenters. The highest BCUT2D eigenvalue weighted by atomic mass is 32.2. The molecule has 0 aliphatic heterocycles. The number of aromatic nitrogens is 5. The van der Waals surface area contributed by atoms with Crippen LogP contribution in [0.3, 0.4) is 0 Å². The summed E-state index contributed by atoms with van der Waals surface area (Å²) in [5.41, 5.74) is 4.71. The van der Waals surface area contributed by atoms with E-state index in [4.69, 9.17) is 0 Å². The molecule has 9 nitrogen and oxygen atoms in total. The van der Waals surface area contributed by atoms with Crippen molar-refractivity contribution in [2.75, 3.05) is 11.1 Å². The van der Waals surface area contributed by atoms with Crippen molar-refractivity contribution < 1.29 is 9.59 Å². The third-order valence-electron chi connectivity index (χ3n) is 5.24. The molecular formula is C24H25N7O2S2. The topological polar surface area (TPSA) is 115 Å². The van der Waals surface area contributed by atoms with Crippen LogP contribution in [0.4, 0.5) is 5.13 Å². The van der Waals surface area contributed by atoms with Gasteiger partial charge in [0.15, 0.2) is 11.0 Å². The third kappa shape index (κ3) is 6.11. The van der Waals surface area contributed by atoms with Crippen LogP contribution in [-0.2, 0) is 11.3 Å². The standard InChI is InChI=1S/C24H25N7O2S2/c1-14-6-5-7-19(10-14)31-20(12-25-22(33)18-9-8-15(2)16(3)11-18)28-30-24(31)34-13-21(32)26-23-29-27-17(4)35-23/h5-11H,12-13H2,1-4H3,(H,25,33)(H,26,29,32). The lowest BCUT2D eigenvalue weighted by Gasteiger charge is -2.12. The van der Waals surface area contributed by atoms with E-state index in [0.717, 1.165) is 27.4 Å². The average Bonchev–Trinajstić information content (AvgIpc) is 3.43. The van der Waals surface area contributed by atoms with Gasteiger partial charge in [-0.1, -0.05) is 41.3 Å². The number of aryl methyl sites for hydroxylation is 4. The Kier molecular flexibility index (Phi) is 7.57. The number of anilines is 1. The van der Waals surface area contributed by atoms with Crippen molar-refractivity contribution in [1.82, 2.24) is 30.3 Å². The second-order valence-corrected chi connectivity index (χ2v) is 10.1. The summed E-state index contributed by atoms with van der Waals surface area (Å²) in [5, 5.41) is 23.9. The second-order valence-electron chi connectivity index (χ2n) is 8.02. The smallest absolute Gasteiger partial charge is 0.251 e. The molecule has 0 saturated carbocycles. The highest BCUT2D eigenvalue weighted by Crippen LogP contribution is 2.23. The van der Waals surface area contributed by atoms with Gasteiger partial charge in [0.1, 0.15) is 5.01 Å². The number of amides is 2. The summed E-state index contributed by atoms with van der Waals surface area (Å²) in [6.07, 6.45) is 0. The first kappa shape index (κ1) is 24.6. The van der Waals surface area contributed by atoms with Crippen molar-refractivity contribution in [3.8, 4) is 5.69 Å². The summed E-state index contributed by atoms with van der Waals surface area (Å²) in [6, 6.07) is 13.5. The summed E-state index contributed by atoms with van der Waals surface area (Å²) >= 11 is 2.57. The molecule has 0 unspecified atom stereocenters. The monoisotopic (exact) mass is 507 g/mol. The maximum Gasteiger partial charge on any atom is 0.251 e. The Morgan fingerprint density at radius 1 is 0.971 bits per heavy atom. The number of rotatable bonds is 8. The minimum atomic E-state index is -0.213. The molecule has 0 bridgehead atoms. The Hall–Kier alpha value is -3.57. The van der Waals surface area contributed by atoms with E-state index in [1.165, 1.54) is 23.1 Å². The zero-order valence-corrected chi connectivity index (χ0v) is 21.5. The number of carbonyl (C=O) groups excluding carboxylic acids is 2. The van der Waals surface area contributed by atoms with Crippen molar-refractivity contribution in [2.24, 2.45) is 0 Å². The van der Waals surface area contributed by atoms with Crippen LogP contribution in [0.1, 0.15) is 37.9 Å². The molecule has 4 aromatic rings. The first-order valence-corrected chi connectivity index (χ1v) is 12.7. The van der Waals surface area contributed by atoms with E-state index >= 15 is 0 Å². The Bertz CT molecular complexity index is 1380.